The Morgan fingerprint density at radius 3 is 3.00 bits per heavy atom. The minimum Gasteiger partial charge on any atom is -0.396 e. The zero-order valence-corrected chi connectivity index (χ0v) is 11.2. The Morgan fingerprint density at radius 1 is 1.53 bits per heavy atom. The number of nitrogens with zero attached hydrogens (tertiary/aromatic N) is 1. The molecule has 2 rings (SSSR count). The smallest absolute Gasteiger partial charge is 0.151 e. The molecule has 1 fully saturated rings. The molecule has 1 aliphatic heterocycles. The van der Waals surface area contributed by atoms with Crippen molar-refractivity contribution in [1.82, 2.24) is 0 Å². The number of halogens is 1. The fourth-order valence-electron chi connectivity index (χ4n) is 2.29. The zero-order valence-electron chi connectivity index (χ0n) is 9.60. The van der Waals surface area contributed by atoms with Crippen molar-refractivity contribution >= 4 is 27.9 Å². The van der Waals surface area contributed by atoms with Crippen molar-refractivity contribution in [2.45, 2.75) is 12.8 Å². The van der Waals surface area contributed by atoms with Gasteiger partial charge < -0.3 is 10.0 Å². The molecule has 0 bridgehead atoms. The van der Waals surface area contributed by atoms with Gasteiger partial charge in [-0.2, -0.15) is 0 Å². The summed E-state index contributed by atoms with van der Waals surface area (Å²) in [5, 5.41) is 8.93. The number of benzene rings is 1. The van der Waals surface area contributed by atoms with Gasteiger partial charge in [-0.05, 0) is 52.9 Å². The average Bonchev–Trinajstić information content (AvgIpc) is 2.78. The maximum absolute atomic E-state index is 10.7. The lowest BCUT2D eigenvalue weighted by atomic mass is 10.1. The molecule has 0 saturated carbocycles. The summed E-state index contributed by atoms with van der Waals surface area (Å²) in [5.74, 6) is 0.588. The second-order valence-corrected chi connectivity index (χ2v) is 5.29. The van der Waals surface area contributed by atoms with E-state index in [1.54, 1.807) is 0 Å². The van der Waals surface area contributed by atoms with Gasteiger partial charge in [0.2, 0.25) is 0 Å². The molecule has 1 aromatic rings. The van der Waals surface area contributed by atoms with E-state index in [2.05, 4.69) is 20.8 Å². The lowest BCUT2D eigenvalue weighted by Gasteiger charge is -2.19. The molecule has 0 aromatic heterocycles. The highest BCUT2D eigenvalue weighted by Crippen LogP contribution is 2.28. The normalized spacial score (nSPS) is 19.6. The third kappa shape index (κ3) is 2.87. The van der Waals surface area contributed by atoms with Gasteiger partial charge >= 0.3 is 0 Å². The summed E-state index contributed by atoms with van der Waals surface area (Å²) >= 11 is 3.40. The first-order chi connectivity index (χ1) is 8.24. The summed E-state index contributed by atoms with van der Waals surface area (Å²) in [5.41, 5.74) is 1.82. The topological polar surface area (TPSA) is 40.5 Å². The number of aliphatic hydroxyl groups excluding tert-OH is 1. The van der Waals surface area contributed by atoms with Crippen molar-refractivity contribution in [1.29, 1.82) is 0 Å². The predicted molar refractivity (Wildman–Crippen MR) is 71.6 cm³/mol. The molecule has 0 amide bonds. The van der Waals surface area contributed by atoms with Crippen molar-refractivity contribution in [3.8, 4) is 0 Å². The summed E-state index contributed by atoms with van der Waals surface area (Å²) in [7, 11) is 0. The zero-order chi connectivity index (χ0) is 12.3. The van der Waals surface area contributed by atoms with Crippen molar-refractivity contribution in [3.63, 3.8) is 0 Å². The van der Waals surface area contributed by atoms with Crippen molar-refractivity contribution in [2.75, 3.05) is 24.6 Å². The molecule has 17 heavy (non-hydrogen) atoms. The molecule has 0 aliphatic carbocycles. The number of anilines is 1. The molecule has 1 saturated heterocycles. The van der Waals surface area contributed by atoms with Crippen LogP contribution in [0.1, 0.15) is 23.2 Å². The van der Waals surface area contributed by atoms with Gasteiger partial charge in [0.05, 0.1) is 0 Å². The van der Waals surface area contributed by atoms with E-state index >= 15 is 0 Å². The second-order valence-electron chi connectivity index (χ2n) is 4.44. The summed E-state index contributed by atoms with van der Waals surface area (Å²) in [6, 6.07) is 5.81. The summed E-state index contributed by atoms with van der Waals surface area (Å²) in [4.78, 5) is 13.0. The van der Waals surface area contributed by atoms with E-state index in [4.69, 9.17) is 5.11 Å². The fourth-order valence-corrected chi connectivity index (χ4v) is 2.75. The SMILES string of the molecule is O=Cc1ccc(N2CCC(CCO)C2)cc1Br. The molecule has 4 heteroatoms. The molecule has 3 nitrogen and oxygen atoms in total. The monoisotopic (exact) mass is 297 g/mol. The van der Waals surface area contributed by atoms with Crippen LogP contribution in [0, 0.1) is 5.92 Å². The van der Waals surface area contributed by atoms with Gasteiger partial charge in [0.15, 0.2) is 6.29 Å². The number of hydrogen-bond donors (Lipinski definition) is 1. The summed E-state index contributed by atoms with van der Waals surface area (Å²) < 4.78 is 0.843. The third-order valence-corrected chi connectivity index (χ3v) is 3.99. The quantitative estimate of drug-likeness (QED) is 0.868. The Kier molecular flexibility index (Phi) is 4.18. The van der Waals surface area contributed by atoms with Crippen LogP contribution in [0.2, 0.25) is 0 Å². The highest BCUT2D eigenvalue weighted by atomic mass is 79.9. The lowest BCUT2D eigenvalue weighted by Crippen LogP contribution is -2.19. The molecule has 1 aliphatic rings. The van der Waals surface area contributed by atoms with Crippen molar-refractivity contribution < 1.29 is 9.90 Å². The van der Waals surface area contributed by atoms with Gasteiger partial charge in [-0.15, -0.1) is 0 Å². The first-order valence-corrected chi connectivity index (χ1v) is 6.64. The average molecular weight is 298 g/mol. The molecule has 1 heterocycles. The van der Waals surface area contributed by atoms with E-state index in [0.717, 1.165) is 42.4 Å². The summed E-state index contributed by atoms with van der Waals surface area (Å²) in [6.45, 7) is 2.29. The minimum atomic E-state index is 0.270. The van der Waals surface area contributed by atoms with E-state index in [1.807, 2.05) is 18.2 Å². The van der Waals surface area contributed by atoms with Crippen LogP contribution in [0.3, 0.4) is 0 Å². The number of hydrogen-bond acceptors (Lipinski definition) is 3. The highest BCUT2D eigenvalue weighted by Gasteiger charge is 2.22. The van der Waals surface area contributed by atoms with E-state index in [-0.39, 0.29) is 6.61 Å². The Hall–Kier alpha value is -0.870. The Labute approximate surface area is 110 Å². The molecule has 1 atom stereocenters. The molecule has 0 radical (unpaired) electrons. The number of carbonyl (C=O) groups is 1. The van der Waals surface area contributed by atoms with Gasteiger partial charge in [0, 0.05) is 35.4 Å². The molecule has 1 aromatic carbocycles. The van der Waals surface area contributed by atoms with Gasteiger partial charge in [0.25, 0.3) is 0 Å². The Morgan fingerprint density at radius 2 is 2.35 bits per heavy atom. The Balaban J connectivity index is 2.08. The van der Waals surface area contributed by atoms with Gasteiger partial charge in [-0.1, -0.05) is 0 Å². The third-order valence-electron chi connectivity index (χ3n) is 3.30. The highest BCUT2D eigenvalue weighted by molar-refractivity contribution is 9.10. The first-order valence-electron chi connectivity index (χ1n) is 5.85. The van der Waals surface area contributed by atoms with Gasteiger partial charge in [0.1, 0.15) is 0 Å². The van der Waals surface area contributed by atoms with Crippen LogP contribution in [0.5, 0.6) is 0 Å². The predicted octanol–water partition coefficient (Wildman–Crippen LogP) is 2.47. The summed E-state index contributed by atoms with van der Waals surface area (Å²) in [6.07, 6.45) is 2.87. The number of aliphatic hydroxyl groups is 1. The van der Waals surface area contributed by atoms with Crippen LogP contribution in [0.15, 0.2) is 22.7 Å². The maximum Gasteiger partial charge on any atom is 0.151 e. The van der Waals surface area contributed by atoms with Crippen LogP contribution >= 0.6 is 15.9 Å². The largest absolute Gasteiger partial charge is 0.396 e. The molecular weight excluding hydrogens is 282 g/mol. The van der Waals surface area contributed by atoms with E-state index in [0.29, 0.717) is 11.5 Å². The number of aldehydes is 1. The molecule has 92 valence electrons. The fraction of sp³-hybridized carbons (Fsp3) is 0.462. The van der Waals surface area contributed by atoms with Crippen LogP contribution in [-0.4, -0.2) is 31.1 Å². The van der Waals surface area contributed by atoms with Crippen LogP contribution in [-0.2, 0) is 0 Å². The molecule has 1 unspecified atom stereocenters. The van der Waals surface area contributed by atoms with Crippen LogP contribution < -0.4 is 4.90 Å². The maximum atomic E-state index is 10.7. The minimum absolute atomic E-state index is 0.270. The first kappa shape index (κ1) is 12.6. The number of carbonyl (C=O) groups excluding carboxylic acids is 1. The van der Waals surface area contributed by atoms with Gasteiger partial charge in [-0.25, -0.2) is 0 Å². The van der Waals surface area contributed by atoms with Crippen LogP contribution in [0.25, 0.3) is 0 Å². The molecule has 0 spiro atoms. The number of rotatable bonds is 4. The van der Waals surface area contributed by atoms with Crippen LogP contribution in [0.4, 0.5) is 5.69 Å². The van der Waals surface area contributed by atoms with E-state index < -0.39 is 0 Å². The van der Waals surface area contributed by atoms with E-state index in [1.165, 1.54) is 0 Å². The molecule has 1 N–H and O–H groups in total. The van der Waals surface area contributed by atoms with E-state index in [9.17, 15) is 4.79 Å². The van der Waals surface area contributed by atoms with Crippen molar-refractivity contribution in [2.24, 2.45) is 5.92 Å². The second kappa shape index (κ2) is 5.65. The standard InChI is InChI=1S/C13H16BrNO2/c14-13-7-12(2-1-11(13)9-17)15-5-3-10(8-15)4-6-16/h1-2,7,9-10,16H,3-6,8H2. The lowest BCUT2D eigenvalue weighted by molar-refractivity contribution is 0.112. The Bertz CT molecular complexity index is 408. The van der Waals surface area contributed by atoms with Crippen molar-refractivity contribution in [3.05, 3.63) is 28.2 Å². The molecular formula is C13H16BrNO2. The van der Waals surface area contributed by atoms with Gasteiger partial charge in [-0.3, -0.25) is 4.79 Å².